The average molecular weight is 335 g/mol. The summed E-state index contributed by atoms with van der Waals surface area (Å²) in [5.74, 6) is 1.28. The average Bonchev–Trinajstić information content (AvgIpc) is 2.95. The summed E-state index contributed by atoms with van der Waals surface area (Å²) in [6, 6.07) is 3.78. The van der Waals surface area contributed by atoms with Crippen molar-refractivity contribution in [3.05, 3.63) is 12.1 Å². The lowest BCUT2D eigenvalue weighted by molar-refractivity contribution is 0.244. The normalized spacial score (nSPS) is 15.4. The molecule has 6 nitrogen and oxygen atoms in total. The second kappa shape index (κ2) is 7.04. The largest absolute Gasteiger partial charge is 0.493 e. The second-order valence-corrected chi connectivity index (χ2v) is 6.66. The van der Waals surface area contributed by atoms with Crippen LogP contribution in [-0.2, 0) is 0 Å². The zero-order chi connectivity index (χ0) is 16.2. The highest BCUT2D eigenvalue weighted by molar-refractivity contribution is 7.22. The van der Waals surface area contributed by atoms with Crippen molar-refractivity contribution in [1.29, 1.82) is 0 Å². The molecule has 2 amide bonds. The molecule has 0 bridgehead atoms. The topological polar surface area (TPSA) is 72.5 Å². The molecule has 3 rings (SSSR count). The summed E-state index contributed by atoms with van der Waals surface area (Å²) >= 11 is 1.42. The predicted octanol–water partition coefficient (Wildman–Crippen LogP) is 3.77. The molecule has 0 radical (unpaired) electrons. The van der Waals surface area contributed by atoms with E-state index in [1.165, 1.54) is 30.6 Å². The molecule has 23 heavy (non-hydrogen) atoms. The van der Waals surface area contributed by atoms with Crippen molar-refractivity contribution in [2.45, 2.75) is 38.1 Å². The fourth-order valence-corrected chi connectivity index (χ4v) is 3.75. The number of amides is 2. The molecule has 0 atom stereocenters. The Morgan fingerprint density at radius 3 is 2.57 bits per heavy atom. The molecule has 124 valence electrons. The number of aromatic nitrogens is 1. The van der Waals surface area contributed by atoms with E-state index in [2.05, 4.69) is 15.6 Å². The first-order valence-corrected chi connectivity index (χ1v) is 8.61. The number of fused-ring (bicyclic) bond motifs is 1. The zero-order valence-corrected chi connectivity index (χ0v) is 14.2. The van der Waals surface area contributed by atoms with Gasteiger partial charge < -0.3 is 14.8 Å². The summed E-state index contributed by atoms with van der Waals surface area (Å²) in [5, 5.41) is 6.43. The third kappa shape index (κ3) is 3.67. The first-order chi connectivity index (χ1) is 11.2. The first-order valence-electron chi connectivity index (χ1n) is 7.79. The number of nitrogens with zero attached hydrogens (tertiary/aromatic N) is 1. The molecular weight excluding hydrogens is 314 g/mol. The number of hydrogen-bond acceptors (Lipinski definition) is 5. The second-order valence-electron chi connectivity index (χ2n) is 5.63. The standard InChI is InChI=1S/C16H21N3O3S/c1-21-12-8-11-14(9-13(12)22-2)23-16(18-11)19-15(20)17-10-6-4-3-5-7-10/h8-10H,3-7H2,1-2H3,(H2,17,18,19,20). The van der Waals surface area contributed by atoms with Gasteiger partial charge in [-0.15, -0.1) is 0 Å². The molecule has 1 aliphatic rings. The number of carbonyl (C=O) groups is 1. The highest BCUT2D eigenvalue weighted by Gasteiger charge is 2.17. The molecule has 2 aromatic rings. The fraction of sp³-hybridized carbons (Fsp3) is 0.500. The highest BCUT2D eigenvalue weighted by atomic mass is 32.1. The lowest BCUT2D eigenvalue weighted by Crippen LogP contribution is -2.38. The van der Waals surface area contributed by atoms with E-state index in [1.807, 2.05) is 12.1 Å². The van der Waals surface area contributed by atoms with E-state index in [-0.39, 0.29) is 12.1 Å². The van der Waals surface area contributed by atoms with Gasteiger partial charge in [0.2, 0.25) is 0 Å². The van der Waals surface area contributed by atoms with Crippen LogP contribution in [0.5, 0.6) is 11.5 Å². The van der Waals surface area contributed by atoms with E-state index in [4.69, 9.17) is 9.47 Å². The minimum atomic E-state index is -0.185. The summed E-state index contributed by atoms with van der Waals surface area (Å²) in [7, 11) is 3.19. The summed E-state index contributed by atoms with van der Waals surface area (Å²) in [6.07, 6.45) is 5.75. The molecule has 1 fully saturated rings. The van der Waals surface area contributed by atoms with Gasteiger partial charge in [-0.05, 0) is 12.8 Å². The van der Waals surface area contributed by atoms with Crippen molar-refractivity contribution >= 4 is 32.7 Å². The number of nitrogens with one attached hydrogen (secondary N) is 2. The van der Waals surface area contributed by atoms with Crippen LogP contribution >= 0.6 is 11.3 Å². The number of anilines is 1. The van der Waals surface area contributed by atoms with Crippen LogP contribution in [-0.4, -0.2) is 31.3 Å². The van der Waals surface area contributed by atoms with E-state index in [1.54, 1.807) is 14.2 Å². The van der Waals surface area contributed by atoms with Gasteiger partial charge in [-0.25, -0.2) is 9.78 Å². The van der Waals surface area contributed by atoms with E-state index in [0.717, 1.165) is 23.1 Å². The third-order valence-corrected chi connectivity index (χ3v) is 4.99. The van der Waals surface area contributed by atoms with Crippen molar-refractivity contribution in [2.75, 3.05) is 19.5 Å². The fourth-order valence-electron chi connectivity index (χ4n) is 2.87. The summed E-state index contributed by atoms with van der Waals surface area (Å²) in [5.41, 5.74) is 0.778. The number of methoxy groups -OCH3 is 2. The Bertz CT molecular complexity index is 654. The minimum Gasteiger partial charge on any atom is -0.493 e. The Hall–Kier alpha value is -2.02. The maximum Gasteiger partial charge on any atom is 0.321 e. The Morgan fingerprint density at radius 2 is 1.87 bits per heavy atom. The summed E-state index contributed by atoms with van der Waals surface area (Å²) < 4.78 is 11.5. The number of ether oxygens (including phenoxy) is 2. The molecule has 1 saturated carbocycles. The first kappa shape index (κ1) is 15.9. The van der Waals surface area contributed by atoms with Crippen molar-refractivity contribution in [3.8, 4) is 11.5 Å². The van der Waals surface area contributed by atoms with Crippen molar-refractivity contribution in [1.82, 2.24) is 10.3 Å². The summed E-state index contributed by atoms with van der Waals surface area (Å²) in [4.78, 5) is 16.5. The van der Waals surface area contributed by atoms with Gasteiger partial charge in [0.1, 0.15) is 0 Å². The van der Waals surface area contributed by atoms with Gasteiger partial charge in [-0.2, -0.15) is 0 Å². The van der Waals surface area contributed by atoms with Gasteiger partial charge in [-0.1, -0.05) is 30.6 Å². The summed E-state index contributed by atoms with van der Waals surface area (Å²) in [6.45, 7) is 0. The Morgan fingerprint density at radius 1 is 1.17 bits per heavy atom. The minimum absolute atomic E-state index is 0.185. The van der Waals surface area contributed by atoms with E-state index in [0.29, 0.717) is 16.6 Å². The molecule has 7 heteroatoms. The molecule has 1 heterocycles. The van der Waals surface area contributed by atoms with E-state index in [9.17, 15) is 4.79 Å². The van der Waals surface area contributed by atoms with Crippen LogP contribution in [0, 0.1) is 0 Å². The Kier molecular flexibility index (Phi) is 4.85. The Labute approximate surface area is 139 Å². The van der Waals surface area contributed by atoms with Crippen LogP contribution in [0.2, 0.25) is 0 Å². The zero-order valence-electron chi connectivity index (χ0n) is 13.3. The van der Waals surface area contributed by atoms with Gasteiger partial charge in [0.05, 0.1) is 24.4 Å². The van der Waals surface area contributed by atoms with Gasteiger partial charge in [0, 0.05) is 18.2 Å². The number of benzene rings is 1. The van der Waals surface area contributed by atoms with Gasteiger partial charge in [0.25, 0.3) is 0 Å². The van der Waals surface area contributed by atoms with Gasteiger partial charge >= 0.3 is 6.03 Å². The quantitative estimate of drug-likeness (QED) is 0.892. The monoisotopic (exact) mass is 335 g/mol. The van der Waals surface area contributed by atoms with Crippen LogP contribution in [0.3, 0.4) is 0 Å². The highest BCUT2D eigenvalue weighted by Crippen LogP contribution is 2.36. The van der Waals surface area contributed by atoms with Crippen LogP contribution in [0.15, 0.2) is 12.1 Å². The van der Waals surface area contributed by atoms with Crippen molar-refractivity contribution in [3.63, 3.8) is 0 Å². The maximum atomic E-state index is 12.1. The molecule has 1 aromatic heterocycles. The van der Waals surface area contributed by atoms with E-state index >= 15 is 0 Å². The van der Waals surface area contributed by atoms with Crippen molar-refractivity contribution < 1.29 is 14.3 Å². The smallest absolute Gasteiger partial charge is 0.321 e. The number of hydrogen-bond donors (Lipinski definition) is 2. The number of thiazole rings is 1. The van der Waals surface area contributed by atoms with Gasteiger partial charge in [0.15, 0.2) is 16.6 Å². The molecule has 1 aromatic carbocycles. The molecule has 1 aliphatic carbocycles. The van der Waals surface area contributed by atoms with Gasteiger partial charge in [-0.3, -0.25) is 5.32 Å². The molecule has 0 saturated heterocycles. The molecular formula is C16H21N3O3S. The maximum absolute atomic E-state index is 12.1. The Balaban J connectivity index is 1.71. The third-order valence-electron chi connectivity index (χ3n) is 4.05. The number of urea groups is 1. The van der Waals surface area contributed by atoms with Crippen LogP contribution in [0.1, 0.15) is 32.1 Å². The molecule has 0 spiro atoms. The van der Waals surface area contributed by atoms with Crippen molar-refractivity contribution in [2.24, 2.45) is 0 Å². The predicted molar refractivity (Wildman–Crippen MR) is 91.8 cm³/mol. The SMILES string of the molecule is COc1cc2nc(NC(=O)NC3CCCCC3)sc2cc1OC. The lowest BCUT2D eigenvalue weighted by atomic mass is 9.96. The lowest BCUT2D eigenvalue weighted by Gasteiger charge is -2.22. The van der Waals surface area contributed by atoms with E-state index < -0.39 is 0 Å². The molecule has 0 aliphatic heterocycles. The van der Waals surface area contributed by atoms with Crippen LogP contribution < -0.4 is 20.1 Å². The number of rotatable bonds is 4. The van der Waals surface area contributed by atoms with Crippen LogP contribution in [0.4, 0.5) is 9.93 Å². The van der Waals surface area contributed by atoms with Crippen LogP contribution in [0.25, 0.3) is 10.2 Å². The molecule has 2 N–H and O–H groups in total. The number of carbonyl (C=O) groups excluding carboxylic acids is 1. The molecule has 0 unspecified atom stereocenters.